The van der Waals surface area contributed by atoms with Crippen LogP contribution in [0.5, 0.6) is 0 Å². The minimum absolute atomic E-state index is 0.292. The van der Waals surface area contributed by atoms with Crippen LogP contribution >= 0.6 is 15.9 Å². The van der Waals surface area contributed by atoms with Crippen molar-refractivity contribution in [2.45, 2.75) is 43.7 Å². The standard InChI is InChI=1S/C13H18BrNO3S/c1-9-8-11(5-6-12(9)14)19(17,18)15-7-3-4-13(15)10(2)16/h5-6,8,10,13,16H,3-4,7H2,1-2H3. The van der Waals surface area contributed by atoms with Crippen LogP contribution < -0.4 is 0 Å². The van der Waals surface area contributed by atoms with Crippen molar-refractivity contribution < 1.29 is 13.5 Å². The van der Waals surface area contributed by atoms with Crippen LogP contribution in [0.2, 0.25) is 0 Å². The van der Waals surface area contributed by atoms with Crippen molar-refractivity contribution in [1.82, 2.24) is 4.31 Å². The molecule has 106 valence electrons. The molecule has 0 aromatic heterocycles. The van der Waals surface area contributed by atoms with Gasteiger partial charge in [0.2, 0.25) is 10.0 Å². The molecule has 0 amide bonds. The lowest BCUT2D eigenvalue weighted by atomic mass is 10.1. The van der Waals surface area contributed by atoms with Gasteiger partial charge in [0.25, 0.3) is 0 Å². The van der Waals surface area contributed by atoms with E-state index in [-0.39, 0.29) is 6.04 Å². The molecule has 1 aliphatic heterocycles. The minimum atomic E-state index is -3.52. The van der Waals surface area contributed by atoms with E-state index in [0.717, 1.165) is 16.5 Å². The van der Waals surface area contributed by atoms with Gasteiger partial charge >= 0.3 is 0 Å². The van der Waals surface area contributed by atoms with Gasteiger partial charge in [-0.3, -0.25) is 0 Å². The molecule has 1 saturated heterocycles. The second-order valence-electron chi connectivity index (χ2n) is 4.98. The van der Waals surface area contributed by atoms with Gasteiger partial charge < -0.3 is 5.11 Å². The molecule has 2 atom stereocenters. The highest BCUT2D eigenvalue weighted by Gasteiger charge is 2.37. The lowest BCUT2D eigenvalue weighted by molar-refractivity contribution is 0.123. The zero-order valence-electron chi connectivity index (χ0n) is 11.0. The number of hydrogen-bond donors (Lipinski definition) is 1. The molecule has 1 heterocycles. The predicted octanol–water partition coefficient (Wildman–Crippen LogP) is 2.29. The quantitative estimate of drug-likeness (QED) is 0.912. The molecule has 0 spiro atoms. The molecule has 1 aromatic carbocycles. The smallest absolute Gasteiger partial charge is 0.243 e. The summed E-state index contributed by atoms with van der Waals surface area (Å²) in [5, 5.41) is 9.72. The highest BCUT2D eigenvalue weighted by atomic mass is 79.9. The Bertz CT molecular complexity index is 571. The Morgan fingerprint density at radius 2 is 2.16 bits per heavy atom. The summed E-state index contributed by atoms with van der Waals surface area (Å²) in [6.07, 6.45) is 0.866. The van der Waals surface area contributed by atoms with E-state index < -0.39 is 16.1 Å². The summed E-state index contributed by atoms with van der Waals surface area (Å²) in [4.78, 5) is 0.292. The molecule has 6 heteroatoms. The van der Waals surface area contributed by atoms with Crippen molar-refractivity contribution in [3.63, 3.8) is 0 Å². The maximum Gasteiger partial charge on any atom is 0.243 e. The monoisotopic (exact) mass is 347 g/mol. The topological polar surface area (TPSA) is 57.6 Å². The highest BCUT2D eigenvalue weighted by Crippen LogP contribution is 2.29. The zero-order valence-corrected chi connectivity index (χ0v) is 13.4. The number of halogens is 1. The van der Waals surface area contributed by atoms with E-state index in [4.69, 9.17) is 0 Å². The molecule has 0 saturated carbocycles. The third-order valence-electron chi connectivity index (χ3n) is 3.54. The summed E-state index contributed by atoms with van der Waals surface area (Å²) in [5.41, 5.74) is 0.883. The van der Waals surface area contributed by atoms with Gasteiger partial charge in [-0.15, -0.1) is 0 Å². The van der Waals surface area contributed by atoms with E-state index in [9.17, 15) is 13.5 Å². The average Bonchev–Trinajstić information content (AvgIpc) is 2.82. The van der Waals surface area contributed by atoms with E-state index in [1.165, 1.54) is 4.31 Å². The maximum atomic E-state index is 12.6. The highest BCUT2D eigenvalue weighted by molar-refractivity contribution is 9.10. The van der Waals surface area contributed by atoms with Crippen LogP contribution in [0.15, 0.2) is 27.6 Å². The van der Waals surface area contributed by atoms with Crippen molar-refractivity contribution in [1.29, 1.82) is 0 Å². The first-order valence-electron chi connectivity index (χ1n) is 6.30. The molecule has 0 aliphatic carbocycles. The molecule has 1 aliphatic rings. The Labute approximate surface area is 122 Å². The molecule has 1 fully saturated rings. The molecular formula is C13H18BrNO3S. The van der Waals surface area contributed by atoms with Gasteiger partial charge in [-0.2, -0.15) is 4.31 Å². The molecule has 2 rings (SSSR count). The number of hydrogen-bond acceptors (Lipinski definition) is 3. The number of sulfonamides is 1. The Morgan fingerprint density at radius 3 is 2.74 bits per heavy atom. The Hall–Kier alpha value is -0.430. The number of rotatable bonds is 3. The van der Waals surface area contributed by atoms with Crippen LogP contribution in [-0.4, -0.2) is 36.5 Å². The molecule has 4 nitrogen and oxygen atoms in total. The molecular weight excluding hydrogens is 330 g/mol. The molecule has 2 unspecified atom stereocenters. The summed E-state index contributed by atoms with van der Waals surface area (Å²) in [5.74, 6) is 0. The van der Waals surface area contributed by atoms with E-state index in [0.29, 0.717) is 17.9 Å². The summed E-state index contributed by atoms with van der Waals surface area (Å²) in [6, 6.07) is 4.70. The lowest BCUT2D eigenvalue weighted by Crippen LogP contribution is -2.41. The van der Waals surface area contributed by atoms with E-state index in [2.05, 4.69) is 15.9 Å². The fourth-order valence-electron chi connectivity index (χ4n) is 2.46. The van der Waals surface area contributed by atoms with Gasteiger partial charge in [0.05, 0.1) is 17.0 Å². The second-order valence-corrected chi connectivity index (χ2v) is 7.72. The van der Waals surface area contributed by atoms with Gasteiger partial charge in [0.15, 0.2) is 0 Å². The number of aliphatic hydroxyl groups is 1. The van der Waals surface area contributed by atoms with E-state index in [1.54, 1.807) is 25.1 Å². The first-order valence-corrected chi connectivity index (χ1v) is 8.53. The van der Waals surface area contributed by atoms with Gasteiger partial charge in [0.1, 0.15) is 0 Å². The SMILES string of the molecule is Cc1cc(S(=O)(=O)N2CCCC2C(C)O)ccc1Br. The summed E-state index contributed by atoms with van der Waals surface area (Å²) in [7, 11) is -3.52. The van der Waals surface area contributed by atoms with Crippen LogP contribution in [0, 0.1) is 6.92 Å². The largest absolute Gasteiger partial charge is 0.392 e. The summed E-state index contributed by atoms with van der Waals surface area (Å²) < 4.78 is 27.5. The van der Waals surface area contributed by atoms with Crippen molar-refractivity contribution in [3.05, 3.63) is 28.2 Å². The first-order chi connectivity index (χ1) is 8.84. The van der Waals surface area contributed by atoms with Gasteiger partial charge in [-0.25, -0.2) is 8.42 Å². The first kappa shape index (κ1) is 15.0. The van der Waals surface area contributed by atoms with Crippen LogP contribution in [-0.2, 0) is 10.0 Å². The molecule has 0 bridgehead atoms. The van der Waals surface area contributed by atoms with Gasteiger partial charge in [-0.1, -0.05) is 15.9 Å². The summed E-state index contributed by atoms with van der Waals surface area (Å²) >= 11 is 3.37. The summed E-state index contributed by atoms with van der Waals surface area (Å²) in [6.45, 7) is 3.98. The molecule has 1 N–H and O–H groups in total. The third kappa shape index (κ3) is 2.86. The Morgan fingerprint density at radius 1 is 1.47 bits per heavy atom. The van der Waals surface area contributed by atoms with E-state index >= 15 is 0 Å². The van der Waals surface area contributed by atoms with Crippen molar-refractivity contribution in [2.24, 2.45) is 0 Å². The number of aryl methyl sites for hydroxylation is 1. The number of nitrogens with zero attached hydrogens (tertiary/aromatic N) is 1. The van der Waals surface area contributed by atoms with Crippen LogP contribution in [0.25, 0.3) is 0 Å². The maximum absolute atomic E-state index is 12.6. The van der Waals surface area contributed by atoms with Gasteiger partial charge in [-0.05, 0) is 50.5 Å². The number of benzene rings is 1. The predicted molar refractivity (Wildman–Crippen MR) is 77.5 cm³/mol. The normalized spacial score (nSPS) is 22.6. The number of aliphatic hydroxyl groups excluding tert-OH is 1. The van der Waals surface area contributed by atoms with Crippen LogP contribution in [0.3, 0.4) is 0 Å². The fraction of sp³-hybridized carbons (Fsp3) is 0.538. The Balaban J connectivity index is 2.39. The minimum Gasteiger partial charge on any atom is -0.392 e. The van der Waals surface area contributed by atoms with Crippen molar-refractivity contribution in [3.8, 4) is 0 Å². The fourth-order valence-corrected chi connectivity index (χ4v) is 4.55. The average molecular weight is 348 g/mol. The third-order valence-corrected chi connectivity index (χ3v) is 6.35. The van der Waals surface area contributed by atoms with Crippen molar-refractivity contribution in [2.75, 3.05) is 6.54 Å². The van der Waals surface area contributed by atoms with Crippen LogP contribution in [0.1, 0.15) is 25.3 Å². The Kier molecular flexibility index (Phi) is 4.35. The molecule has 0 radical (unpaired) electrons. The lowest BCUT2D eigenvalue weighted by Gasteiger charge is -2.26. The van der Waals surface area contributed by atoms with Gasteiger partial charge in [0, 0.05) is 11.0 Å². The zero-order chi connectivity index (χ0) is 14.2. The van der Waals surface area contributed by atoms with E-state index in [1.807, 2.05) is 6.92 Å². The molecule has 19 heavy (non-hydrogen) atoms. The second kappa shape index (κ2) is 5.52. The van der Waals surface area contributed by atoms with Crippen molar-refractivity contribution >= 4 is 26.0 Å². The van der Waals surface area contributed by atoms with Crippen LogP contribution in [0.4, 0.5) is 0 Å². The molecule has 1 aromatic rings.